The van der Waals surface area contributed by atoms with Gasteiger partial charge in [-0.15, -0.1) is 0 Å². The second-order valence-corrected chi connectivity index (χ2v) is 15.7. The van der Waals surface area contributed by atoms with E-state index in [9.17, 15) is 29.1 Å². The Kier molecular flexibility index (Phi) is 12.1. The number of rotatable bonds is 11. The van der Waals surface area contributed by atoms with Crippen molar-refractivity contribution in [3.63, 3.8) is 0 Å². The molecule has 5 rings (SSSR count). The van der Waals surface area contributed by atoms with E-state index >= 15 is 0 Å². The summed E-state index contributed by atoms with van der Waals surface area (Å²) in [5.74, 6) is -3.92. The molecular formula is C43H53NO11. The molecule has 2 fully saturated rings. The van der Waals surface area contributed by atoms with Gasteiger partial charge in [0.2, 0.25) is 0 Å². The third-order valence-corrected chi connectivity index (χ3v) is 11.9. The first-order valence-corrected chi connectivity index (χ1v) is 18.7. The lowest BCUT2D eigenvalue weighted by molar-refractivity contribution is -0.198. The number of benzene rings is 2. The summed E-state index contributed by atoms with van der Waals surface area (Å²) in [6.45, 7) is 15.1. The minimum Gasteiger partial charge on any atom is -0.462 e. The van der Waals surface area contributed by atoms with Crippen LogP contribution >= 0.6 is 0 Å². The summed E-state index contributed by atoms with van der Waals surface area (Å²) >= 11 is 0. The maximum atomic E-state index is 14.0. The van der Waals surface area contributed by atoms with Gasteiger partial charge in [0.25, 0.3) is 0 Å². The number of carbonyl (C=O) groups is 5. The van der Waals surface area contributed by atoms with Crippen LogP contribution in [0.25, 0.3) is 0 Å². The zero-order valence-corrected chi connectivity index (χ0v) is 32.9. The summed E-state index contributed by atoms with van der Waals surface area (Å²) in [5, 5.41) is 15.5. The fourth-order valence-corrected chi connectivity index (χ4v) is 9.18. The molecule has 3 aliphatic rings. The zero-order chi connectivity index (χ0) is 40.5. The molecule has 2 saturated carbocycles. The number of fused-ring (bicyclic) bond motifs is 2. The fourth-order valence-electron chi connectivity index (χ4n) is 9.18. The summed E-state index contributed by atoms with van der Waals surface area (Å²) in [5.41, 5.74) is -1.70. The predicted molar refractivity (Wildman–Crippen MR) is 201 cm³/mol. The number of carbonyl (C=O) groups excluding carboxylic acids is 5. The number of nitrogens with one attached hydrogen (secondary N) is 1. The summed E-state index contributed by atoms with van der Waals surface area (Å²) in [4.78, 5) is 66.3. The van der Waals surface area contributed by atoms with Crippen LogP contribution in [0.15, 0.2) is 84.0 Å². The maximum Gasteiger partial charge on any atom is 0.338 e. The van der Waals surface area contributed by atoms with E-state index in [-0.39, 0.29) is 37.3 Å². The van der Waals surface area contributed by atoms with E-state index in [0.717, 1.165) is 5.56 Å². The summed E-state index contributed by atoms with van der Waals surface area (Å²) in [6.07, 6.45) is -5.39. The second-order valence-electron chi connectivity index (χ2n) is 15.7. The van der Waals surface area contributed by atoms with E-state index < -0.39 is 82.7 Å². The van der Waals surface area contributed by atoms with E-state index in [1.165, 1.54) is 20.8 Å². The third-order valence-electron chi connectivity index (χ3n) is 11.9. The fraction of sp³-hybridized carbons (Fsp3) is 0.512. The van der Waals surface area contributed by atoms with Crippen molar-refractivity contribution in [2.45, 2.75) is 116 Å². The second kappa shape index (κ2) is 16.1. The Morgan fingerprint density at radius 2 is 1.44 bits per heavy atom. The summed E-state index contributed by atoms with van der Waals surface area (Å²) < 4.78 is 30.8. The highest BCUT2D eigenvalue weighted by Crippen LogP contribution is 2.65. The Labute approximate surface area is 322 Å². The number of hydrogen-bond donors (Lipinski definition) is 2. The van der Waals surface area contributed by atoms with E-state index in [2.05, 4.69) is 11.9 Å². The van der Waals surface area contributed by atoms with Crippen LogP contribution in [-0.4, -0.2) is 78.1 Å². The molecule has 2 aromatic carbocycles. The molecule has 1 unspecified atom stereocenters. The highest BCUT2D eigenvalue weighted by Gasteiger charge is 2.69. The standard InChI is InChI=1S/C43H53NO11/c1-24-31-22-43(41(6,7)50)23-34(51-26(3)45)25(2)37(43)38(55-40(49)30-18-14-11-15-19-30)39(53-28(5)47)42(31,8)35(52-27(4)46)21-33(24)54-36(48)20-32(44-9)29-16-12-10-13-17-29/h10-19,31-35,38-39,44,50H,1,20-23H2,2-9H3/t31?,32-,33-,34-,35-,38+,39-,42-,43-/m0/s1. The van der Waals surface area contributed by atoms with Crippen molar-refractivity contribution >= 4 is 29.8 Å². The smallest absolute Gasteiger partial charge is 0.338 e. The largest absolute Gasteiger partial charge is 0.462 e. The van der Waals surface area contributed by atoms with Crippen molar-refractivity contribution in [2.24, 2.45) is 16.7 Å². The Bertz CT molecular complexity index is 1830. The summed E-state index contributed by atoms with van der Waals surface area (Å²) in [6, 6.07) is 17.4. The van der Waals surface area contributed by atoms with Gasteiger partial charge in [-0.2, -0.15) is 0 Å². The lowest BCUT2D eigenvalue weighted by Crippen LogP contribution is -2.60. The molecule has 55 heavy (non-hydrogen) atoms. The summed E-state index contributed by atoms with van der Waals surface area (Å²) in [7, 11) is 1.75. The monoisotopic (exact) mass is 759 g/mol. The van der Waals surface area contributed by atoms with Gasteiger partial charge in [0.05, 0.1) is 23.0 Å². The number of esters is 5. The van der Waals surface area contributed by atoms with Crippen molar-refractivity contribution in [1.82, 2.24) is 5.32 Å². The van der Waals surface area contributed by atoms with Crippen LogP contribution in [0.2, 0.25) is 0 Å². The first-order valence-electron chi connectivity index (χ1n) is 18.7. The minimum atomic E-state index is -1.57. The molecule has 9 atom stereocenters. The normalized spacial score (nSPS) is 29.5. The van der Waals surface area contributed by atoms with Gasteiger partial charge in [0, 0.05) is 45.1 Å². The molecule has 0 heterocycles. The van der Waals surface area contributed by atoms with Gasteiger partial charge in [-0.25, -0.2) is 4.79 Å². The van der Waals surface area contributed by atoms with Gasteiger partial charge < -0.3 is 34.1 Å². The van der Waals surface area contributed by atoms with Crippen molar-refractivity contribution in [1.29, 1.82) is 0 Å². The van der Waals surface area contributed by atoms with Crippen LogP contribution < -0.4 is 5.32 Å². The molecule has 2 aromatic rings. The Morgan fingerprint density at radius 1 is 0.855 bits per heavy atom. The number of aliphatic hydroxyl groups is 1. The first kappa shape index (κ1) is 41.4. The van der Waals surface area contributed by atoms with E-state index in [0.29, 0.717) is 16.7 Å². The molecule has 12 nitrogen and oxygen atoms in total. The van der Waals surface area contributed by atoms with Crippen molar-refractivity contribution in [3.8, 4) is 0 Å². The Morgan fingerprint density at radius 3 is 1.98 bits per heavy atom. The Hall–Kier alpha value is -4.81. The van der Waals surface area contributed by atoms with Gasteiger partial charge >= 0.3 is 29.8 Å². The van der Waals surface area contributed by atoms with Crippen molar-refractivity contribution in [2.75, 3.05) is 7.05 Å². The molecule has 0 bridgehead atoms. The highest BCUT2D eigenvalue weighted by atomic mass is 16.6. The predicted octanol–water partition coefficient (Wildman–Crippen LogP) is 5.73. The molecule has 296 valence electrons. The van der Waals surface area contributed by atoms with Crippen LogP contribution in [0.3, 0.4) is 0 Å². The van der Waals surface area contributed by atoms with Crippen LogP contribution in [0.4, 0.5) is 0 Å². The third kappa shape index (κ3) is 8.11. The van der Waals surface area contributed by atoms with Gasteiger partial charge in [0.1, 0.15) is 18.3 Å². The first-order chi connectivity index (χ1) is 25.8. The van der Waals surface area contributed by atoms with E-state index in [1.807, 2.05) is 30.3 Å². The van der Waals surface area contributed by atoms with Gasteiger partial charge in [-0.1, -0.05) is 62.0 Å². The zero-order valence-electron chi connectivity index (χ0n) is 32.9. The molecule has 0 aliphatic heterocycles. The Balaban J connectivity index is 1.70. The lowest BCUT2D eigenvalue weighted by atomic mass is 9.56. The van der Waals surface area contributed by atoms with E-state index in [4.69, 9.17) is 23.7 Å². The average molecular weight is 760 g/mol. The van der Waals surface area contributed by atoms with E-state index in [1.54, 1.807) is 65.1 Å². The van der Waals surface area contributed by atoms with Crippen LogP contribution in [-0.2, 0) is 42.9 Å². The van der Waals surface area contributed by atoms with Gasteiger partial charge in [0.15, 0.2) is 12.2 Å². The molecular weight excluding hydrogens is 706 g/mol. The quantitative estimate of drug-likeness (QED) is 0.163. The molecule has 0 aromatic heterocycles. The van der Waals surface area contributed by atoms with Crippen LogP contribution in [0, 0.1) is 16.7 Å². The SMILES string of the molecule is C=C1C2C[C@]3(C(C)(C)O)C[C@H](OC(C)=O)C(C)=C3[C@@H](OC(=O)c3ccccc3)[C@H](OC(C)=O)[C@]2(C)[C@@H](OC(C)=O)C[C@@H]1OC(=O)C[C@H](NC)c1ccccc1. The molecule has 0 amide bonds. The molecule has 3 aliphatic carbocycles. The molecule has 12 heteroatoms. The molecule has 2 N–H and O–H groups in total. The van der Waals surface area contributed by atoms with Crippen molar-refractivity contribution < 1.29 is 52.8 Å². The van der Waals surface area contributed by atoms with Crippen LogP contribution in [0.5, 0.6) is 0 Å². The maximum absolute atomic E-state index is 14.0. The van der Waals surface area contributed by atoms with Gasteiger partial charge in [-0.3, -0.25) is 19.2 Å². The molecule has 0 spiro atoms. The molecule has 0 radical (unpaired) electrons. The number of hydrogen-bond acceptors (Lipinski definition) is 12. The topological polar surface area (TPSA) is 164 Å². The van der Waals surface area contributed by atoms with Crippen LogP contribution in [0.1, 0.15) is 96.1 Å². The van der Waals surface area contributed by atoms with Crippen molar-refractivity contribution in [3.05, 3.63) is 95.1 Å². The minimum absolute atomic E-state index is 0.0121. The molecule has 0 saturated heterocycles. The average Bonchev–Trinajstić information content (AvgIpc) is 3.35. The highest BCUT2D eigenvalue weighted by molar-refractivity contribution is 5.89. The lowest BCUT2D eigenvalue weighted by Gasteiger charge is -2.53. The van der Waals surface area contributed by atoms with Gasteiger partial charge in [-0.05, 0) is 74.6 Å². The number of ether oxygens (including phenoxy) is 5.